The van der Waals surface area contributed by atoms with Gasteiger partial charge in [-0.25, -0.2) is 9.78 Å². The summed E-state index contributed by atoms with van der Waals surface area (Å²) >= 11 is 1.37. The number of rotatable bonds is 6. The third-order valence-corrected chi connectivity index (χ3v) is 6.15. The Bertz CT molecular complexity index is 1030. The average Bonchev–Trinajstić information content (AvgIpc) is 3.37. The number of carboxylic acid groups (broad SMARTS) is 1. The summed E-state index contributed by atoms with van der Waals surface area (Å²) in [4.78, 5) is 16.8. The fourth-order valence-electron chi connectivity index (χ4n) is 4.21. The first-order chi connectivity index (χ1) is 13.8. The Kier molecular flexibility index (Phi) is 4.84. The van der Waals surface area contributed by atoms with Gasteiger partial charge in [0.2, 0.25) is 0 Å². The fraction of sp³-hybridized carbons (Fsp3) is 0.333. The summed E-state index contributed by atoms with van der Waals surface area (Å²) in [5, 5.41) is 38.0. The van der Waals surface area contributed by atoms with Gasteiger partial charge in [-0.05, 0) is 17.9 Å². The normalized spacial score (nSPS) is 20.9. The molecule has 0 fully saturated rings. The molecule has 0 amide bonds. The summed E-state index contributed by atoms with van der Waals surface area (Å²) in [6.07, 6.45) is 1.90. The molecule has 0 saturated heterocycles. The minimum atomic E-state index is -1.51. The second-order valence-corrected chi connectivity index (χ2v) is 8.69. The molecule has 4 rings (SSSR count). The van der Waals surface area contributed by atoms with Gasteiger partial charge < -0.3 is 15.3 Å². The minimum Gasteiger partial charge on any atom is -0.494 e. The molecule has 0 unspecified atom stereocenters. The van der Waals surface area contributed by atoms with Crippen LogP contribution in [0.25, 0.3) is 0 Å². The molecule has 0 radical (unpaired) electrons. The third kappa shape index (κ3) is 3.08. The zero-order valence-corrected chi connectivity index (χ0v) is 17.0. The number of carbonyl (C=O) groups is 1. The summed E-state index contributed by atoms with van der Waals surface area (Å²) in [5.41, 5.74) is -0.0114. The fourth-order valence-corrected chi connectivity index (χ4v) is 4.90. The van der Waals surface area contributed by atoms with Crippen LogP contribution in [-0.4, -0.2) is 30.8 Å². The van der Waals surface area contributed by atoms with Gasteiger partial charge in [0.15, 0.2) is 11.8 Å². The number of hydrogen-bond donors (Lipinski definition) is 4. The van der Waals surface area contributed by atoms with Crippen LogP contribution < -0.4 is 5.32 Å². The second kappa shape index (κ2) is 7.20. The van der Waals surface area contributed by atoms with Crippen molar-refractivity contribution < 1.29 is 20.1 Å². The van der Waals surface area contributed by atoms with E-state index in [-0.39, 0.29) is 36.2 Å². The summed E-state index contributed by atoms with van der Waals surface area (Å²) < 4.78 is 1.37. The zero-order valence-electron chi connectivity index (χ0n) is 16.2. The molecule has 3 heterocycles. The van der Waals surface area contributed by atoms with E-state index in [1.54, 1.807) is 11.6 Å². The highest BCUT2D eigenvalue weighted by Gasteiger charge is 2.55. The Hall–Kier alpha value is -2.84. The number of hydrogen-bond acceptors (Lipinski definition) is 6. The van der Waals surface area contributed by atoms with Crippen molar-refractivity contribution in [1.82, 2.24) is 14.9 Å². The number of fused-ring (bicyclic) bond motifs is 1. The molecule has 7 nitrogen and oxygen atoms in total. The summed E-state index contributed by atoms with van der Waals surface area (Å²) in [6, 6.07) is 8.81. The van der Waals surface area contributed by atoms with Crippen molar-refractivity contribution >= 4 is 17.3 Å². The molecule has 4 N–H and O–H groups in total. The first-order valence-corrected chi connectivity index (χ1v) is 10.3. The third-order valence-electron chi connectivity index (χ3n) is 5.31. The predicted molar refractivity (Wildman–Crippen MR) is 109 cm³/mol. The van der Waals surface area contributed by atoms with Crippen molar-refractivity contribution in [1.29, 1.82) is 0 Å². The average molecular weight is 413 g/mol. The predicted octanol–water partition coefficient (Wildman–Crippen LogP) is 3.42. The highest BCUT2D eigenvalue weighted by molar-refractivity contribution is 7.09. The van der Waals surface area contributed by atoms with E-state index in [0.29, 0.717) is 10.6 Å². The van der Waals surface area contributed by atoms with Crippen LogP contribution in [0.15, 0.2) is 41.9 Å². The van der Waals surface area contributed by atoms with Crippen LogP contribution in [0, 0.1) is 5.92 Å². The van der Waals surface area contributed by atoms with Crippen molar-refractivity contribution in [3.63, 3.8) is 0 Å². The van der Waals surface area contributed by atoms with Gasteiger partial charge in [-0.1, -0.05) is 44.2 Å². The van der Waals surface area contributed by atoms with Crippen LogP contribution in [-0.2, 0) is 16.9 Å². The molecule has 152 valence electrons. The van der Waals surface area contributed by atoms with Gasteiger partial charge in [-0.2, -0.15) is 0 Å². The van der Waals surface area contributed by atoms with E-state index in [2.05, 4.69) is 10.3 Å². The lowest BCUT2D eigenvalue weighted by Crippen LogP contribution is -2.47. The number of nitrogens with zero attached hydrogens (tertiary/aromatic N) is 2. The van der Waals surface area contributed by atoms with Crippen molar-refractivity contribution in [3.05, 3.63) is 63.6 Å². The molecule has 3 aromatic rings. The Morgan fingerprint density at radius 2 is 2.00 bits per heavy atom. The highest BCUT2D eigenvalue weighted by Crippen LogP contribution is 2.53. The Morgan fingerprint density at radius 1 is 1.28 bits per heavy atom. The van der Waals surface area contributed by atoms with Crippen LogP contribution in [0.5, 0.6) is 11.8 Å². The van der Waals surface area contributed by atoms with Crippen molar-refractivity contribution in [3.8, 4) is 11.8 Å². The van der Waals surface area contributed by atoms with Crippen LogP contribution in [0.2, 0.25) is 0 Å². The number of aromatic hydroxyl groups is 2. The smallest absolute Gasteiger partial charge is 0.328 e. The Labute approximate surface area is 172 Å². The quantitative estimate of drug-likeness (QED) is 0.493. The first-order valence-electron chi connectivity index (χ1n) is 9.44. The molecule has 8 heteroatoms. The number of benzene rings is 1. The summed E-state index contributed by atoms with van der Waals surface area (Å²) in [5.74, 6) is -1.41. The lowest BCUT2D eigenvalue weighted by Gasteiger charge is -2.29. The van der Waals surface area contributed by atoms with Gasteiger partial charge in [-0.3, -0.25) is 9.88 Å². The topological polar surface area (TPSA) is 108 Å². The lowest BCUT2D eigenvalue weighted by atomic mass is 9.84. The van der Waals surface area contributed by atoms with Crippen LogP contribution in [0.3, 0.4) is 0 Å². The number of aliphatic carboxylic acids is 1. The van der Waals surface area contributed by atoms with E-state index in [1.165, 1.54) is 15.9 Å². The van der Waals surface area contributed by atoms with E-state index < -0.39 is 17.6 Å². The Morgan fingerprint density at radius 3 is 2.59 bits per heavy atom. The molecule has 0 bridgehead atoms. The van der Waals surface area contributed by atoms with Gasteiger partial charge in [0.1, 0.15) is 10.5 Å². The van der Waals surface area contributed by atoms with E-state index in [1.807, 2.05) is 44.2 Å². The maximum Gasteiger partial charge on any atom is 0.328 e. The van der Waals surface area contributed by atoms with Gasteiger partial charge in [-0.15, -0.1) is 11.3 Å². The van der Waals surface area contributed by atoms with Crippen molar-refractivity contribution in [2.24, 2.45) is 5.92 Å². The van der Waals surface area contributed by atoms with Gasteiger partial charge in [0, 0.05) is 17.1 Å². The molecule has 1 aliphatic rings. The minimum absolute atomic E-state index is 0.0421. The molecule has 0 spiro atoms. The zero-order chi connectivity index (χ0) is 20.8. The Balaban J connectivity index is 1.92. The molecule has 2 atom stereocenters. The van der Waals surface area contributed by atoms with E-state index in [0.717, 1.165) is 5.56 Å². The van der Waals surface area contributed by atoms with Gasteiger partial charge in [0.05, 0.1) is 18.2 Å². The number of aromatic nitrogens is 2. The molecule has 0 aliphatic carbocycles. The van der Waals surface area contributed by atoms with Crippen LogP contribution in [0.4, 0.5) is 0 Å². The monoisotopic (exact) mass is 413 g/mol. The molecule has 1 aliphatic heterocycles. The van der Waals surface area contributed by atoms with E-state index >= 15 is 0 Å². The molecular weight excluding hydrogens is 390 g/mol. The highest BCUT2D eigenvalue weighted by atomic mass is 32.1. The van der Waals surface area contributed by atoms with Gasteiger partial charge >= 0.3 is 5.97 Å². The number of nitrogens with one attached hydrogen (secondary N) is 1. The SMILES string of the molecule is CC(C)C[C@]1(C(=O)O)N[C@@H](c2nccs2)c2c1c(O)n(Cc1ccccc1)c2O. The van der Waals surface area contributed by atoms with Crippen LogP contribution >= 0.6 is 11.3 Å². The summed E-state index contributed by atoms with van der Waals surface area (Å²) in [7, 11) is 0. The van der Waals surface area contributed by atoms with Crippen LogP contribution in [0.1, 0.15) is 48.0 Å². The molecule has 2 aromatic heterocycles. The standard InChI is InChI=1S/C21H23N3O4S/c1-12(2)10-21(20(27)28)15-14(16(23-21)17-22-8-9-29-17)18(25)24(19(15)26)11-13-6-4-3-5-7-13/h3-9,12,16,23,25-26H,10-11H2,1-2H3,(H,27,28)/t16-,21+/m1/s1. The number of carboxylic acids is 1. The maximum atomic E-state index is 12.5. The first kappa shape index (κ1) is 19.5. The largest absolute Gasteiger partial charge is 0.494 e. The second-order valence-electron chi connectivity index (χ2n) is 7.76. The van der Waals surface area contributed by atoms with E-state index in [4.69, 9.17) is 0 Å². The van der Waals surface area contributed by atoms with Gasteiger partial charge in [0.25, 0.3) is 0 Å². The number of thiazole rings is 1. The van der Waals surface area contributed by atoms with Crippen molar-refractivity contribution in [2.75, 3.05) is 0 Å². The summed E-state index contributed by atoms with van der Waals surface area (Å²) in [6.45, 7) is 4.09. The molecular formula is C21H23N3O4S. The molecule has 1 aromatic carbocycles. The lowest BCUT2D eigenvalue weighted by molar-refractivity contribution is -0.146. The van der Waals surface area contributed by atoms with Crippen molar-refractivity contribution in [2.45, 2.75) is 38.4 Å². The molecule has 29 heavy (non-hydrogen) atoms. The maximum absolute atomic E-state index is 12.5. The molecule has 0 saturated carbocycles. The van der Waals surface area contributed by atoms with E-state index in [9.17, 15) is 20.1 Å².